The highest BCUT2D eigenvalue weighted by Crippen LogP contribution is 2.22. The van der Waals surface area contributed by atoms with Crippen molar-refractivity contribution in [2.75, 3.05) is 13.1 Å². The fourth-order valence-electron chi connectivity index (χ4n) is 2.04. The average molecular weight is 204 g/mol. The minimum atomic E-state index is -0.280. The molecule has 13 heavy (non-hydrogen) atoms. The molecule has 1 saturated heterocycles. The molecular weight excluding hydrogens is 186 g/mol. The van der Waals surface area contributed by atoms with E-state index in [2.05, 4.69) is 6.92 Å². The summed E-state index contributed by atoms with van der Waals surface area (Å²) in [5, 5.41) is -0.280. The van der Waals surface area contributed by atoms with Crippen LogP contribution in [-0.2, 0) is 0 Å². The van der Waals surface area contributed by atoms with Crippen LogP contribution in [0, 0.1) is 5.92 Å². The van der Waals surface area contributed by atoms with Crippen molar-refractivity contribution in [3.63, 3.8) is 0 Å². The van der Waals surface area contributed by atoms with E-state index in [4.69, 9.17) is 11.6 Å². The molecule has 1 rings (SSSR count). The van der Waals surface area contributed by atoms with Crippen LogP contribution in [0.2, 0.25) is 0 Å². The molecular formula is C10H18ClNO. The molecule has 0 saturated carbocycles. The Balaban J connectivity index is 2.35. The molecule has 1 aliphatic heterocycles. The SMILES string of the molecule is CCCC1CCCN(C(=O)Cl)CC1. The third-order valence-corrected chi connectivity index (χ3v) is 3.03. The summed E-state index contributed by atoms with van der Waals surface area (Å²) < 4.78 is 0. The van der Waals surface area contributed by atoms with E-state index in [1.165, 1.54) is 19.3 Å². The van der Waals surface area contributed by atoms with E-state index >= 15 is 0 Å². The van der Waals surface area contributed by atoms with Gasteiger partial charge < -0.3 is 4.90 Å². The van der Waals surface area contributed by atoms with Crippen molar-refractivity contribution in [1.82, 2.24) is 4.90 Å². The lowest BCUT2D eigenvalue weighted by molar-refractivity contribution is 0.223. The van der Waals surface area contributed by atoms with Crippen molar-refractivity contribution in [2.45, 2.75) is 39.0 Å². The summed E-state index contributed by atoms with van der Waals surface area (Å²) >= 11 is 5.44. The molecule has 0 bridgehead atoms. The lowest BCUT2D eigenvalue weighted by Gasteiger charge is -2.16. The molecule has 1 unspecified atom stereocenters. The zero-order valence-electron chi connectivity index (χ0n) is 8.26. The summed E-state index contributed by atoms with van der Waals surface area (Å²) in [6.45, 7) is 3.92. The minimum absolute atomic E-state index is 0.280. The number of carbonyl (C=O) groups is 1. The highest BCUT2D eigenvalue weighted by Gasteiger charge is 2.18. The predicted molar refractivity (Wildman–Crippen MR) is 55.1 cm³/mol. The Morgan fingerprint density at radius 2 is 2.23 bits per heavy atom. The molecule has 2 nitrogen and oxygen atoms in total. The van der Waals surface area contributed by atoms with Crippen molar-refractivity contribution in [2.24, 2.45) is 5.92 Å². The van der Waals surface area contributed by atoms with E-state index in [0.717, 1.165) is 31.8 Å². The van der Waals surface area contributed by atoms with Crippen LogP contribution in [0.3, 0.4) is 0 Å². The lowest BCUT2D eigenvalue weighted by atomic mass is 9.96. The van der Waals surface area contributed by atoms with Crippen molar-refractivity contribution < 1.29 is 4.79 Å². The van der Waals surface area contributed by atoms with Gasteiger partial charge in [0.25, 0.3) is 0 Å². The molecule has 0 radical (unpaired) electrons. The van der Waals surface area contributed by atoms with E-state index in [1.807, 2.05) is 0 Å². The standard InChI is InChI=1S/C10H18ClNO/c1-2-4-9-5-3-7-12(8-6-9)10(11)13/h9H,2-8H2,1H3. The molecule has 1 atom stereocenters. The predicted octanol–water partition coefficient (Wildman–Crippen LogP) is 3.25. The third kappa shape index (κ3) is 3.55. The van der Waals surface area contributed by atoms with Gasteiger partial charge >= 0.3 is 5.37 Å². The molecule has 0 aromatic heterocycles. The van der Waals surface area contributed by atoms with E-state index in [9.17, 15) is 4.79 Å². The molecule has 0 aromatic rings. The smallest absolute Gasteiger partial charge is 0.316 e. The molecule has 3 heteroatoms. The van der Waals surface area contributed by atoms with Crippen molar-refractivity contribution in [1.29, 1.82) is 0 Å². The molecule has 1 aliphatic rings. The first kappa shape index (κ1) is 10.8. The van der Waals surface area contributed by atoms with Gasteiger partial charge in [0.15, 0.2) is 0 Å². The van der Waals surface area contributed by atoms with Gasteiger partial charge in [-0.2, -0.15) is 0 Å². The fourth-order valence-corrected chi connectivity index (χ4v) is 2.21. The van der Waals surface area contributed by atoms with Gasteiger partial charge in [-0.05, 0) is 36.8 Å². The maximum atomic E-state index is 10.9. The Bertz CT molecular complexity index is 172. The average Bonchev–Trinajstić information content (AvgIpc) is 2.30. The number of rotatable bonds is 2. The first-order chi connectivity index (χ1) is 6.24. The van der Waals surface area contributed by atoms with E-state index < -0.39 is 0 Å². The Morgan fingerprint density at radius 1 is 1.46 bits per heavy atom. The van der Waals surface area contributed by atoms with Crippen LogP contribution >= 0.6 is 11.6 Å². The van der Waals surface area contributed by atoms with Gasteiger partial charge in [0.2, 0.25) is 0 Å². The lowest BCUT2D eigenvalue weighted by Crippen LogP contribution is -2.27. The van der Waals surface area contributed by atoms with Gasteiger partial charge in [0.1, 0.15) is 0 Å². The molecule has 76 valence electrons. The molecule has 0 aromatic carbocycles. The van der Waals surface area contributed by atoms with Crippen molar-refractivity contribution in [3.05, 3.63) is 0 Å². The molecule has 1 heterocycles. The van der Waals surface area contributed by atoms with E-state index in [0.29, 0.717) is 0 Å². The van der Waals surface area contributed by atoms with Crippen LogP contribution in [0.15, 0.2) is 0 Å². The maximum Gasteiger partial charge on any atom is 0.316 e. The van der Waals surface area contributed by atoms with E-state index in [1.54, 1.807) is 4.90 Å². The van der Waals surface area contributed by atoms with Gasteiger partial charge in [-0.3, -0.25) is 4.79 Å². The molecule has 1 fully saturated rings. The number of hydrogen-bond acceptors (Lipinski definition) is 1. The zero-order chi connectivity index (χ0) is 9.68. The fraction of sp³-hybridized carbons (Fsp3) is 0.900. The third-order valence-electron chi connectivity index (χ3n) is 2.79. The molecule has 0 spiro atoms. The first-order valence-electron chi connectivity index (χ1n) is 5.18. The monoisotopic (exact) mass is 203 g/mol. The number of carbonyl (C=O) groups excluding carboxylic acids is 1. The summed E-state index contributed by atoms with van der Waals surface area (Å²) in [5.74, 6) is 0.811. The number of nitrogens with zero attached hydrogens (tertiary/aromatic N) is 1. The van der Waals surface area contributed by atoms with Gasteiger partial charge in [-0.1, -0.05) is 19.8 Å². The minimum Gasteiger partial charge on any atom is -0.329 e. The van der Waals surface area contributed by atoms with Crippen LogP contribution in [-0.4, -0.2) is 23.4 Å². The van der Waals surface area contributed by atoms with Crippen molar-refractivity contribution >= 4 is 17.0 Å². The van der Waals surface area contributed by atoms with Crippen molar-refractivity contribution in [3.8, 4) is 0 Å². The summed E-state index contributed by atoms with van der Waals surface area (Å²) in [4.78, 5) is 12.7. The second-order valence-corrected chi connectivity index (χ2v) is 4.15. The number of halogens is 1. The van der Waals surface area contributed by atoms with Gasteiger partial charge in [0, 0.05) is 13.1 Å². The number of likely N-dealkylation sites (tertiary alicyclic amines) is 1. The maximum absolute atomic E-state index is 10.9. The van der Waals surface area contributed by atoms with Crippen LogP contribution in [0.4, 0.5) is 4.79 Å². The highest BCUT2D eigenvalue weighted by atomic mass is 35.5. The van der Waals surface area contributed by atoms with Crippen LogP contribution in [0.25, 0.3) is 0 Å². The largest absolute Gasteiger partial charge is 0.329 e. The van der Waals surface area contributed by atoms with Gasteiger partial charge in [0.05, 0.1) is 0 Å². The summed E-state index contributed by atoms with van der Waals surface area (Å²) in [6, 6.07) is 0. The number of hydrogen-bond donors (Lipinski definition) is 0. The molecule has 1 amide bonds. The number of amides is 1. The topological polar surface area (TPSA) is 20.3 Å². The van der Waals surface area contributed by atoms with Crippen LogP contribution in [0.1, 0.15) is 39.0 Å². The summed E-state index contributed by atoms with van der Waals surface area (Å²) in [5.41, 5.74) is 0. The summed E-state index contributed by atoms with van der Waals surface area (Å²) in [6.07, 6.45) is 6.05. The Morgan fingerprint density at radius 3 is 2.85 bits per heavy atom. The normalized spacial score (nSPS) is 24.2. The second kappa shape index (κ2) is 5.48. The van der Waals surface area contributed by atoms with Crippen LogP contribution < -0.4 is 0 Å². The Labute approximate surface area is 85.2 Å². The van der Waals surface area contributed by atoms with Gasteiger partial charge in [-0.15, -0.1) is 0 Å². The summed E-state index contributed by atoms with van der Waals surface area (Å²) in [7, 11) is 0. The van der Waals surface area contributed by atoms with Crippen LogP contribution in [0.5, 0.6) is 0 Å². The first-order valence-corrected chi connectivity index (χ1v) is 5.56. The second-order valence-electron chi connectivity index (χ2n) is 3.83. The Hall–Kier alpha value is -0.240. The molecule has 0 N–H and O–H groups in total. The van der Waals surface area contributed by atoms with Gasteiger partial charge in [-0.25, -0.2) is 0 Å². The quantitative estimate of drug-likeness (QED) is 0.499. The molecule has 0 aliphatic carbocycles. The highest BCUT2D eigenvalue weighted by molar-refractivity contribution is 6.62. The zero-order valence-corrected chi connectivity index (χ0v) is 9.02. The Kier molecular flexibility index (Phi) is 4.57. The van der Waals surface area contributed by atoms with E-state index in [-0.39, 0.29) is 5.37 Å².